The van der Waals surface area contributed by atoms with Crippen LogP contribution in [-0.2, 0) is 12.7 Å². The van der Waals surface area contributed by atoms with Crippen LogP contribution < -0.4 is 4.74 Å². The number of ether oxygens (including phenoxy) is 1. The van der Waals surface area contributed by atoms with Crippen molar-refractivity contribution in [2.75, 3.05) is 19.6 Å². The van der Waals surface area contributed by atoms with Gasteiger partial charge in [-0.15, -0.1) is 0 Å². The van der Waals surface area contributed by atoms with E-state index in [-0.39, 0.29) is 5.75 Å². The van der Waals surface area contributed by atoms with E-state index in [4.69, 9.17) is 4.74 Å². The summed E-state index contributed by atoms with van der Waals surface area (Å²) in [5, 5.41) is 10.5. The SMILES string of the molecule is Cc1nccn1CCCN1C[C@H]2C[C@@H](Oc3cccc(C(F)(F)F)c3)[C@H](O)C[C@H]2C1. The number of aliphatic hydroxyl groups is 1. The summed E-state index contributed by atoms with van der Waals surface area (Å²) in [7, 11) is 0. The summed E-state index contributed by atoms with van der Waals surface area (Å²) in [6.45, 7) is 5.82. The van der Waals surface area contributed by atoms with Gasteiger partial charge in [-0.2, -0.15) is 13.2 Å². The molecular weight excluding hydrogens is 395 g/mol. The molecule has 0 unspecified atom stereocenters. The van der Waals surface area contributed by atoms with Crippen molar-refractivity contribution >= 4 is 0 Å². The molecule has 2 fully saturated rings. The van der Waals surface area contributed by atoms with Crippen molar-refractivity contribution in [1.82, 2.24) is 14.5 Å². The first-order chi connectivity index (χ1) is 14.3. The topological polar surface area (TPSA) is 50.5 Å². The fourth-order valence-corrected chi connectivity index (χ4v) is 4.82. The number of imidazole rings is 1. The van der Waals surface area contributed by atoms with Crippen LogP contribution in [0.1, 0.15) is 30.7 Å². The lowest BCUT2D eigenvalue weighted by Gasteiger charge is -2.35. The molecule has 1 saturated carbocycles. The van der Waals surface area contributed by atoms with Crippen molar-refractivity contribution in [3.63, 3.8) is 0 Å². The molecule has 2 heterocycles. The van der Waals surface area contributed by atoms with E-state index in [1.54, 1.807) is 0 Å². The lowest BCUT2D eigenvalue weighted by atomic mass is 9.78. The zero-order chi connectivity index (χ0) is 21.3. The third-order valence-electron chi connectivity index (χ3n) is 6.41. The second kappa shape index (κ2) is 8.59. The maximum atomic E-state index is 12.9. The fourth-order valence-electron chi connectivity index (χ4n) is 4.82. The number of halogens is 3. The molecule has 0 radical (unpaired) electrons. The number of hydrogen-bond acceptors (Lipinski definition) is 4. The molecule has 1 aromatic carbocycles. The summed E-state index contributed by atoms with van der Waals surface area (Å²) in [5.74, 6) is 2.00. The number of alkyl halides is 3. The predicted molar refractivity (Wildman–Crippen MR) is 106 cm³/mol. The highest BCUT2D eigenvalue weighted by molar-refractivity contribution is 5.30. The largest absolute Gasteiger partial charge is 0.488 e. The molecule has 1 aliphatic carbocycles. The molecule has 4 rings (SSSR count). The molecule has 1 saturated heterocycles. The minimum Gasteiger partial charge on any atom is -0.488 e. The van der Waals surface area contributed by atoms with Gasteiger partial charge in [0.05, 0.1) is 11.7 Å². The number of nitrogens with zero attached hydrogens (tertiary/aromatic N) is 3. The van der Waals surface area contributed by atoms with Crippen LogP contribution in [0.3, 0.4) is 0 Å². The highest BCUT2D eigenvalue weighted by atomic mass is 19.4. The Morgan fingerprint density at radius 2 is 1.93 bits per heavy atom. The molecule has 1 aliphatic heterocycles. The third kappa shape index (κ3) is 4.81. The maximum Gasteiger partial charge on any atom is 0.416 e. The Balaban J connectivity index is 1.31. The highest BCUT2D eigenvalue weighted by Gasteiger charge is 2.42. The Morgan fingerprint density at radius 3 is 2.63 bits per heavy atom. The van der Waals surface area contributed by atoms with E-state index in [1.165, 1.54) is 12.1 Å². The Bertz CT molecular complexity index is 854. The average Bonchev–Trinajstić information content (AvgIpc) is 3.27. The molecule has 1 N–H and O–H groups in total. The first-order valence-electron chi connectivity index (χ1n) is 10.5. The molecule has 4 atom stereocenters. The first kappa shape index (κ1) is 21.2. The van der Waals surface area contributed by atoms with Crippen LogP contribution in [0, 0.1) is 18.8 Å². The number of benzene rings is 1. The third-order valence-corrected chi connectivity index (χ3v) is 6.41. The van der Waals surface area contributed by atoms with E-state index in [2.05, 4.69) is 14.5 Å². The molecule has 2 aliphatic rings. The van der Waals surface area contributed by atoms with Gasteiger partial charge in [0.15, 0.2) is 0 Å². The van der Waals surface area contributed by atoms with Crippen molar-refractivity contribution in [2.24, 2.45) is 11.8 Å². The van der Waals surface area contributed by atoms with Gasteiger partial charge in [0.25, 0.3) is 0 Å². The van der Waals surface area contributed by atoms with Crippen molar-refractivity contribution in [1.29, 1.82) is 0 Å². The zero-order valence-corrected chi connectivity index (χ0v) is 17.1. The Hall–Kier alpha value is -2.06. The quantitative estimate of drug-likeness (QED) is 0.769. The van der Waals surface area contributed by atoms with E-state index in [0.29, 0.717) is 24.7 Å². The van der Waals surface area contributed by atoms with Gasteiger partial charge in [-0.1, -0.05) is 6.07 Å². The lowest BCUT2D eigenvalue weighted by molar-refractivity contribution is -0.137. The monoisotopic (exact) mass is 423 g/mol. The van der Waals surface area contributed by atoms with Gasteiger partial charge < -0.3 is 19.3 Å². The molecule has 0 spiro atoms. The second-order valence-corrected chi connectivity index (χ2v) is 8.52. The summed E-state index contributed by atoms with van der Waals surface area (Å²) >= 11 is 0. The summed E-state index contributed by atoms with van der Waals surface area (Å²) in [4.78, 5) is 6.67. The number of aliphatic hydroxyl groups excluding tert-OH is 1. The van der Waals surface area contributed by atoms with Crippen LogP contribution in [0.5, 0.6) is 5.75 Å². The van der Waals surface area contributed by atoms with Gasteiger partial charge in [0, 0.05) is 32.0 Å². The average molecular weight is 423 g/mol. The zero-order valence-electron chi connectivity index (χ0n) is 17.1. The Morgan fingerprint density at radius 1 is 1.17 bits per heavy atom. The van der Waals surface area contributed by atoms with E-state index < -0.39 is 23.9 Å². The standard InChI is InChI=1S/C22H28F3N3O2/c1-15-26-6-9-28(15)8-3-7-27-13-16-10-20(29)21(11-17(16)14-27)30-19-5-2-4-18(12-19)22(23,24)25/h2,4-6,9,12,16-17,20-21,29H,3,7-8,10-11,13-14H2,1H3/t16-,17+,20+,21+/m0/s1. The fraction of sp³-hybridized carbons (Fsp3) is 0.591. The summed E-state index contributed by atoms with van der Waals surface area (Å²) in [5.41, 5.74) is -0.733. The molecule has 8 heteroatoms. The number of aromatic nitrogens is 2. The lowest BCUT2D eigenvalue weighted by Crippen LogP contribution is -2.42. The number of rotatable bonds is 6. The van der Waals surface area contributed by atoms with Gasteiger partial charge in [-0.25, -0.2) is 4.98 Å². The van der Waals surface area contributed by atoms with Crippen molar-refractivity contribution in [3.8, 4) is 5.75 Å². The minimum atomic E-state index is -4.41. The van der Waals surface area contributed by atoms with Crippen molar-refractivity contribution in [3.05, 3.63) is 48.0 Å². The smallest absolute Gasteiger partial charge is 0.416 e. The molecule has 164 valence electrons. The second-order valence-electron chi connectivity index (χ2n) is 8.52. The number of fused-ring (bicyclic) bond motifs is 1. The number of hydrogen-bond donors (Lipinski definition) is 1. The minimum absolute atomic E-state index is 0.165. The first-order valence-corrected chi connectivity index (χ1v) is 10.5. The highest BCUT2D eigenvalue weighted by Crippen LogP contribution is 2.39. The van der Waals surface area contributed by atoms with Crippen LogP contribution in [0.4, 0.5) is 13.2 Å². The molecule has 0 bridgehead atoms. The molecule has 1 aromatic heterocycles. The Kier molecular flexibility index (Phi) is 6.06. The van der Waals surface area contributed by atoms with Gasteiger partial charge in [0.2, 0.25) is 0 Å². The maximum absolute atomic E-state index is 12.9. The van der Waals surface area contributed by atoms with E-state index in [0.717, 1.165) is 50.6 Å². The van der Waals surface area contributed by atoms with Gasteiger partial charge in [-0.3, -0.25) is 0 Å². The van der Waals surface area contributed by atoms with Gasteiger partial charge in [-0.05, 0) is 62.8 Å². The van der Waals surface area contributed by atoms with Crippen molar-refractivity contribution < 1.29 is 23.0 Å². The normalized spacial score (nSPS) is 27.2. The molecular formula is C22H28F3N3O2. The summed E-state index contributed by atoms with van der Waals surface area (Å²) in [6, 6.07) is 4.90. The van der Waals surface area contributed by atoms with E-state index >= 15 is 0 Å². The summed E-state index contributed by atoms with van der Waals surface area (Å²) < 4.78 is 46.8. The number of aryl methyl sites for hydroxylation is 2. The molecule has 2 aromatic rings. The van der Waals surface area contributed by atoms with Crippen LogP contribution >= 0.6 is 0 Å². The van der Waals surface area contributed by atoms with E-state index in [1.807, 2.05) is 19.3 Å². The summed E-state index contributed by atoms with van der Waals surface area (Å²) in [6.07, 6.45) is 0.597. The predicted octanol–water partition coefficient (Wildman–Crippen LogP) is 3.75. The Labute approximate surface area is 174 Å². The van der Waals surface area contributed by atoms with Crippen LogP contribution in [-0.4, -0.2) is 51.4 Å². The molecule has 5 nitrogen and oxygen atoms in total. The van der Waals surface area contributed by atoms with Gasteiger partial charge >= 0.3 is 6.18 Å². The van der Waals surface area contributed by atoms with Crippen LogP contribution in [0.25, 0.3) is 0 Å². The van der Waals surface area contributed by atoms with Crippen molar-refractivity contribution in [2.45, 2.75) is 51.1 Å². The number of likely N-dealkylation sites (tertiary alicyclic amines) is 1. The molecule has 0 amide bonds. The van der Waals surface area contributed by atoms with E-state index in [9.17, 15) is 18.3 Å². The molecule has 30 heavy (non-hydrogen) atoms. The van der Waals surface area contributed by atoms with Gasteiger partial charge in [0.1, 0.15) is 17.7 Å². The van der Waals surface area contributed by atoms with Crippen LogP contribution in [0.2, 0.25) is 0 Å². The van der Waals surface area contributed by atoms with Crippen LogP contribution in [0.15, 0.2) is 36.7 Å².